The van der Waals surface area contributed by atoms with Gasteiger partial charge in [-0.1, -0.05) is 66.7 Å². The lowest BCUT2D eigenvalue weighted by atomic mass is 9.76. The molecule has 0 spiro atoms. The molecule has 2 aliphatic heterocycles. The van der Waals surface area contributed by atoms with Crippen LogP contribution in [0.15, 0.2) is 91.0 Å². The molecule has 6 rings (SSSR count). The van der Waals surface area contributed by atoms with Gasteiger partial charge in [0.2, 0.25) is 11.8 Å². The molecule has 2 amide bonds. The van der Waals surface area contributed by atoms with Crippen LogP contribution in [0.1, 0.15) is 38.7 Å². The number of benzene rings is 4. The first-order valence-corrected chi connectivity index (χ1v) is 14.1. The van der Waals surface area contributed by atoms with Crippen LogP contribution in [0.3, 0.4) is 0 Å². The molecule has 2 saturated heterocycles. The molecule has 11 heteroatoms. The summed E-state index contributed by atoms with van der Waals surface area (Å²) in [6, 6.07) is 22.0. The van der Waals surface area contributed by atoms with Gasteiger partial charge >= 0.3 is 18.1 Å². The van der Waals surface area contributed by atoms with E-state index in [2.05, 4.69) is 5.32 Å². The Hall–Kier alpha value is -5.03. The van der Waals surface area contributed by atoms with Gasteiger partial charge in [-0.25, -0.2) is 4.79 Å². The molecular weight excluding hydrogens is 589 g/mol. The molecule has 8 nitrogen and oxygen atoms in total. The second-order valence-electron chi connectivity index (χ2n) is 11.3. The third-order valence-corrected chi connectivity index (χ3v) is 8.71. The van der Waals surface area contributed by atoms with Gasteiger partial charge in [-0.2, -0.15) is 13.2 Å². The smallest absolute Gasteiger partial charge is 0.416 e. The average molecular weight is 617 g/mol. The number of nitrogens with zero attached hydrogens (tertiary/aromatic N) is 1. The summed E-state index contributed by atoms with van der Waals surface area (Å²) in [5, 5.41) is 15.5. The van der Waals surface area contributed by atoms with Crippen LogP contribution in [0.2, 0.25) is 0 Å². The minimum absolute atomic E-state index is 0.0480. The van der Waals surface area contributed by atoms with E-state index in [4.69, 9.17) is 4.74 Å². The molecule has 0 aromatic heterocycles. The summed E-state index contributed by atoms with van der Waals surface area (Å²) in [5.74, 6) is -6.11. The number of methoxy groups -OCH3 is 1. The number of fused-ring (bicyclic) bond motifs is 2. The highest BCUT2D eigenvalue weighted by atomic mass is 19.4. The highest BCUT2D eigenvalue weighted by Gasteiger charge is 2.68. The first kappa shape index (κ1) is 30.0. The highest BCUT2D eigenvalue weighted by molar-refractivity contribution is 6.09. The van der Waals surface area contributed by atoms with Crippen LogP contribution in [0.25, 0.3) is 10.8 Å². The van der Waals surface area contributed by atoms with Crippen LogP contribution in [0.5, 0.6) is 0 Å². The molecule has 0 radical (unpaired) electrons. The maximum atomic E-state index is 14.1. The fourth-order valence-corrected chi connectivity index (χ4v) is 6.57. The van der Waals surface area contributed by atoms with Gasteiger partial charge in [-0.15, -0.1) is 0 Å². The van der Waals surface area contributed by atoms with E-state index in [1.165, 1.54) is 31.4 Å². The number of imide groups is 1. The molecule has 2 heterocycles. The average Bonchev–Trinajstić information content (AvgIpc) is 3.50. The Bertz CT molecular complexity index is 1840. The fraction of sp³-hybridized carbons (Fsp3) is 0.235. The van der Waals surface area contributed by atoms with Crippen molar-refractivity contribution >= 4 is 34.5 Å². The number of likely N-dealkylation sites (tertiary alicyclic amines) is 1. The number of ether oxygens (including phenoxy) is 1. The lowest BCUT2D eigenvalue weighted by Gasteiger charge is -2.31. The van der Waals surface area contributed by atoms with E-state index in [0.29, 0.717) is 11.1 Å². The molecule has 4 unspecified atom stereocenters. The van der Waals surface area contributed by atoms with E-state index in [0.717, 1.165) is 27.8 Å². The molecule has 2 N–H and O–H groups in total. The van der Waals surface area contributed by atoms with Gasteiger partial charge in [0.05, 0.1) is 36.6 Å². The molecule has 0 aliphatic carbocycles. The van der Waals surface area contributed by atoms with Gasteiger partial charge in [0.15, 0.2) is 0 Å². The van der Waals surface area contributed by atoms with Gasteiger partial charge in [0, 0.05) is 12.5 Å². The Morgan fingerprint density at radius 1 is 0.889 bits per heavy atom. The van der Waals surface area contributed by atoms with E-state index in [1.807, 2.05) is 30.3 Å². The molecular formula is C34H27F3N2O6. The van der Waals surface area contributed by atoms with Crippen molar-refractivity contribution in [2.24, 2.45) is 11.8 Å². The number of hydrogen-bond acceptors (Lipinski definition) is 6. The van der Waals surface area contributed by atoms with Crippen molar-refractivity contribution in [3.05, 3.63) is 119 Å². The van der Waals surface area contributed by atoms with Crippen LogP contribution in [-0.2, 0) is 38.3 Å². The highest BCUT2D eigenvalue weighted by Crippen LogP contribution is 2.51. The van der Waals surface area contributed by atoms with Crippen LogP contribution in [-0.4, -0.2) is 46.4 Å². The van der Waals surface area contributed by atoms with E-state index in [1.54, 1.807) is 24.3 Å². The van der Waals surface area contributed by atoms with E-state index >= 15 is 0 Å². The normalized spacial score (nSPS) is 22.9. The Balaban J connectivity index is 1.43. The van der Waals surface area contributed by atoms with Crippen LogP contribution < -0.4 is 5.32 Å². The van der Waals surface area contributed by atoms with Gasteiger partial charge < -0.3 is 9.84 Å². The molecule has 230 valence electrons. The summed E-state index contributed by atoms with van der Waals surface area (Å²) in [5.41, 5.74) is -1.60. The van der Waals surface area contributed by atoms with Crippen molar-refractivity contribution in [1.82, 2.24) is 10.2 Å². The number of carbonyl (C=O) groups excluding carboxylic acids is 3. The zero-order valence-electron chi connectivity index (χ0n) is 23.9. The van der Waals surface area contributed by atoms with Crippen molar-refractivity contribution in [2.45, 2.75) is 30.7 Å². The van der Waals surface area contributed by atoms with Crippen LogP contribution >= 0.6 is 0 Å². The largest absolute Gasteiger partial charge is 0.480 e. The number of amides is 2. The molecule has 45 heavy (non-hydrogen) atoms. The summed E-state index contributed by atoms with van der Waals surface area (Å²) < 4.78 is 45.8. The molecule has 0 saturated carbocycles. The van der Waals surface area contributed by atoms with Crippen molar-refractivity contribution in [3.63, 3.8) is 0 Å². The molecule has 4 atom stereocenters. The summed E-state index contributed by atoms with van der Waals surface area (Å²) in [6.45, 7) is -0.215. The second kappa shape index (κ2) is 11.2. The topological polar surface area (TPSA) is 113 Å². The standard InChI is InChI=1S/C34H27F3N2O6/c1-45-31(42)22-13-9-19(10-14-22)18-39-29(40)26-27(30(39)41)33(32(43)44,17-20-11-12-21-5-2-3-6-23(21)15-20)38-28(26)24-7-4-8-25(16-24)34(35,36)37/h2-16,26-28,38H,17-18H2,1H3,(H,43,44). The van der Waals surface area contributed by atoms with E-state index in [9.17, 15) is 37.5 Å². The van der Waals surface area contributed by atoms with Crippen LogP contribution in [0, 0.1) is 11.8 Å². The summed E-state index contributed by atoms with van der Waals surface area (Å²) in [6.07, 6.45) is -4.88. The third kappa shape index (κ3) is 5.22. The summed E-state index contributed by atoms with van der Waals surface area (Å²) in [7, 11) is 1.23. The van der Waals surface area contributed by atoms with Gasteiger partial charge in [0.1, 0.15) is 5.54 Å². The maximum Gasteiger partial charge on any atom is 0.416 e. The Morgan fingerprint density at radius 3 is 2.24 bits per heavy atom. The van der Waals surface area contributed by atoms with Crippen LogP contribution in [0.4, 0.5) is 13.2 Å². The van der Waals surface area contributed by atoms with Gasteiger partial charge in [0.25, 0.3) is 0 Å². The number of carbonyl (C=O) groups is 4. The number of alkyl halides is 3. The number of carboxylic acid groups (broad SMARTS) is 1. The van der Waals surface area contributed by atoms with Gasteiger partial charge in [-0.05, 0) is 51.7 Å². The van der Waals surface area contributed by atoms with Crippen molar-refractivity contribution in [2.75, 3.05) is 7.11 Å². The van der Waals surface area contributed by atoms with Crippen molar-refractivity contribution in [3.8, 4) is 0 Å². The third-order valence-electron chi connectivity index (χ3n) is 8.71. The van der Waals surface area contributed by atoms with Crippen molar-refractivity contribution < 1.29 is 42.2 Å². The monoisotopic (exact) mass is 616 g/mol. The number of esters is 1. The number of halogens is 3. The van der Waals surface area contributed by atoms with E-state index < -0.39 is 58.9 Å². The Labute approximate surface area is 255 Å². The second-order valence-corrected chi connectivity index (χ2v) is 11.3. The minimum atomic E-state index is -4.68. The summed E-state index contributed by atoms with van der Waals surface area (Å²) >= 11 is 0. The lowest BCUT2D eigenvalue weighted by Crippen LogP contribution is -2.57. The zero-order valence-corrected chi connectivity index (χ0v) is 23.9. The lowest BCUT2D eigenvalue weighted by molar-refractivity contribution is -0.151. The Morgan fingerprint density at radius 2 is 1.58 bits per heavy atom. The number of aliphatic carboxylic acids is 1. The minimum Gasteiger partial charge on any atom is -0.480 e. The quantitative estimate of drug-likeness (QED) is 0.218. The first-order valence-electron chi connectivity index (χ1n) is 14.1. The molecule has 2 aliphatic rings. The SMILES string of the molecule is COC(=O)c1ccc(CN2C(=O)C3C(c4cccc(C(F)(F)F)c4)NC(Cc4ccc5ccccc5c4)(C(=O)O)C3C2=O)cc1. The number of hydrogen-bond donors (Lipinski definition) is 2. The Kier molecular flexibility index (Phi) is 7.44. The molecule has 4 aromatic rings. The van der Waals surface area contributed by atoms with Crippen molar-refractivity contribution in [1.29, 1.82) is 0 Å². The molecule has 2 fully saturated rings. The number of nitrogens with one attached hydrogen (secondary N) is 1. The zero-order chi connectivity index (χ0) is 32.1. The predicted octanol–water partition coefficient (Wildman–Crippen LogP) is 5.16. The first-order chi connectivity index (χ1) is 21.4. The van der Waals surface area contributed by atoms with E-state index in [-0.39, 0.29) is 24.1 Å². The fourth-order valence-electron chi connectivity index (χ4n) is 6.57. The van der Waals surface area contributed by atoms with Gasteiger partial charge in [-0.3, -0.25) is 24.6 Å². The molecule has 4 aromatic carbocycles. The predicted molar refractivity (Wildman–Crippen MR) is 156 cm³/mol. The molecule has 0 bridgehead atoms. The maximum absolute atomic E-state index is 14.1. The number of rotatable bonds is 7. The number of carboxylic acids is 1. The summed E-state index contributed by atoms with van der Waals surface area (Å²) in [4.78, 5) is 54.1.